The van der Waals surface area contributed by atoms with Crippen molar-refractivity contribution < 1.29 is 9.18 Å². The molecule has 0 atom stereocenters. The highest BCUT2D eigenvalue weighted by Gasteiger charge is 2.10. The molecule has 1 heterocycles. The van der Waals surface area contributed by atoms with E-state index in [-0.39, 0.29) is 17.7 Å². The summed E-state index contributed by atoms with van der Waals surface area (Å²) in [5, 5.41) is 6.94. The van der Waals surface area contributed by atoms with Gasteiger partial charge in [0.05, 0.1) is 17.4 Å². The van der Waals surface area contributed by atoms with Gasteiger partial charge >= 0.3 is 0 Å². The van der Waals surface area contributed by atoms with Crippen LogP contribution in [0.25, 0.3) is 10.9 Å². The highest BCUT2D eigenvalue weighted by Crippen LogP contribution is 2.19. The van der Waals surface area contributed by atoms with Gasteiger partial charge in [-0.05, 0) is 30.3 Å². The van der Waals surface area contributed by atoms with E-state index in [4.69, 9.17) is 0 Å². The first kappa shape index (κ1) is 15.4. The summed E-state index contributed by atoms with van der Waals surface area (Å²) < 4.78 is 15.7. The summed E-state index contributed by atoms with van der Waals surface area (Å²) in [5.74, 6) is -0.974. The summed E-state index contributed by atoms with van der Waals surface area (Å²) in [4.78, 5) is 23.9. The van der Waals surface area contributed by atoms with Crippen LogP contribution in [0.5, 0.6) is 0 Å². The zero-order valence-corrected chi connectivity index (χ0v) is 13.4. The van der Waals surface area contributed by atoms with Crippen molar-refractivity contribution in [3.63, 3.8) is 0 Å². The van der Waals surface area contributed by atoms with Gasteiger partial charge in [-0.25, -0.2) is 4.39 Å². The van der Waals surface area contributed by atoms with Crippen LogP contribution in [0.2, 0.25) is 0 Å². The Kier molecular flexibility index (Phi) is 4.20. The number of aromatic nitrogens is 2. The molecule has 7 heteroatoms. The van der Waals surface area contributed by atoms with Gasteiger partial charge in [0.15, 0.2) is 0 Å². The molecule has 1 amide bonds. The molecule has 0 unspecified atom stereocenters. The van der Waals surface area contributed by atoms with Crippen LogP contribution >= 0.6 is 15.9 Å². The predicted molar refractivity (Wildman–Crippen MR) is 88.7 cm³/mol. The van der Waals surface area contributed by atoms with E-state index in [0.29, 0.717) is 15.4 Å². The van der Waals surface area contributed by atoms with Crippen LogP contribution in [0.3, 0.4) is 0 Å². The first-order valence-corrected chi connectivity index (χ1v) is 7.53. The lowest BCUT2D eigenvalue weighted by molar-refractivity contribution is -0.116. The van der Waals surface area contributed by atoms with Crippen molar-refractivity contribution >= 4 is 38.4 Å². The Morgan fingerprint density at radius 3 is 2.83 bits per heavy atom. The van der Waals surface area contributed by atoms with Crippen molar-refractivity contribution in [3.8, 4) is 0 Å². The van der Waals surface area contributed by atoms with E-state index in [1.165, 1.54) is 16.8 Å². The third kappa shape index (κ3) is 3.29. The Morgan fingerprint density at radius 1 is 1.26 bits per heavy atom. The number of rotatable bonds is 3. The topological polar surface area (TPSA) is 64.0 Å². The summed E-state index contributed by atoms with van der Waals surface area (Å²) in [5.41, 5.74) is 0.422. The number of hydrogen-bond donors (Lipinski definition) is 1. The first-order valence-electron chi connectivity index (χ1n) is 6.74. The number of para-hydroxylation sites is 1. The molecule has 0 aliphatic carbocycles. The fraction of sp³-hybridized carbons (Fsp3) is 0.0625. The van der Waals surface area contributed by atoms with Crippen LogP contribution < -0.4 is 10.7 Å². The summed E-state index contributed by atoms with van der Waals surface area (Å²) in [6.07, 6.45) is 1.16. The summed E-state index contributed by atoms with van der Waals surface area (Å²) in [7, 11) is 0. The minimum Gasteiger partial charge on any atom is -0.322 e. The monoisotopic (exact) mass is 375 g/mol. The molecule has 0 aliphatic rings. The lowest BCUT2D eigenvalue weighted by atomic mass is 10.2. The molecule has 1 aromatic heterocycles. The van der Waals surface area contributed by atoms with E-state index < -0.39 is 11.7 Å². The molecule has 0 bridgehead atoms. The quantitative estimate of drug-likeness (QED) is 0.765. The zero-order valence-electron chi connectivity index (χ0n) is 11.8. The highest BCUT2D eigenvalue weighted by molar-refractivity contribution is 9.10. The van der Waals surface area contributed by atoms with Gasteiger partial charge in [0.25, 0.3) is 0 Å². The Bertz CT molecular complexity index is 955. The molecule has 0 saturated heterocycles. The maximum atomic E-state index is 13.7. The molecular weight excluding hydrogens is 365 g/mol. The van der Waals surface area contributed by atoms with Crippen LogP contribution in [0.15, 0.2) is 57.9 Å². The maximum Gasteiger partial charge on any atom is 0.246 e. The van der Waals surface area contributed by atoms with Crippen molar-refractivity contribution in [3.05, 3.63) is 69.2 Å². The summed E-state index contributed by atoms with van der Waals surface area (Å²) >= 11 is 3.15. The number of nitrogens with zero attached hydrogens (tertiary/aromatic N) is 2. The largest absolute Gasteiger partial charge is 0.322 e. The van der Waals surface area contributed by atoms with E-state index in [9.17, 15) is 14.0 Å². The van der Waals surface area contributed by atoms with E-state index in [0.717, 1.165) is 6.20 Å². The maximum absolute atomic E-state index is 13.7. The van der Waals surface area contributed by atoms with Gasteiger partial charge < -0.3 is 5.32 Å². The minimum absolute atomic E-state index is 0.0866. The van der Waals surface area contributed by atoms with Crippen LogP contribution in [-0.2, 0) is 11.3 Å². The second kappa shape index (κ2) is 6.29. The van der Waals surface area contributed by atoms with Gasteiger partial charge in [-0.1, -0.05) is 28.1 Å². The average molecular weight is 376 g/mol. The number of amides is 1. The molecule has 0 fully saturated rings. The molecular formula is C16H11BrFN3O2. The first-order chi connectivity index (χ1) is 11.0. The van der Waals surface area contributed by atoms with Crippen molar-refractivity contribution in [1.29, 1.82) is 0 Å². The van der Waals surface area contributed by atoms with Gasteiger partial charge in [0.2, 0.25) is 11.3 Å². The molecule has 3 rings (SSSR count). The molecule has 5 nitrogen and oxygen atoms in total. The van der Waals surface area contributed by atoms with E-state index in [2.05, 4.69) is 26.3 Å². The number of nitrogens with one attached hydrogen (secondary N) is 1. The van der Waals surface area contributed by atoms with Crippen LogP contribution in [0.4, 0.5) is 10.1 Å². The number of carbonyl (C=O) groups excluding carboxylic acids is 1. The van der Waals surface area contributed by atoms with E-state index >= 15 is 0 Å². The molecule has 23 heavy (non-hydrogen) atoms. The van der Waals surface area contributed by atoms with Crippen molar-refractivity contribution in [2.24, 2.45) is 0 Å². The number of anilines is 1. The standard InChI is InChI=1S/C16H11BrFN3O2/c17-10-5-6-13(12(18)7-10)20-16(23)9-21-14-4-2-1-3-11(14)15(22)8-19-21/h1-8H,9H2,(H,20,23). The fourth-order valence-corrected chi connectivity index (χ4v) is 2.54. The highest BCUT2D eigenvalue weighted by atomic mass is 79.9. The molecule has 116 valence electrons. The molecule has 3 aromatic rings. The van der Waals surface area contributed by atoms with Crippen LogP contribution in [0, 0.1) is 5.82 Å². The van der Waals surface area contributed by atoms with Crippen LogP contribution in [-0.4, -0.2) is 15.7 Å². The smallest absolute Gasteiger partial charge is 0.246 e. The second-order valence-corrected chi connectivity index (χ2v) is 5.77. The predicted octanol–water partition coefficient (Wildman–Crippen LogP) is 2.94. The van der Waals surface area contributed by atoms with E-state index in [1.807, 2.05) is 0 Å². The second-order valence-electron chi connectivity index (χ2n) is 4.86. The SMILES string of the molecule is O=C(Cn1ncc(=O)c2ccccc21)Nc1ccc(Br)cc1F. The normalized spacial score (nSPS) is 10.7. The number of benzene rings is 2. The summed E-state index contributed by atoms with van der Waals surface area (Å²) in [6.45, 7) is -0.129. The lowest BCUT2D eigenvalue weighted by Gasteiger charge is -2.10. The van der Waals surface area contributed by atoms with Gasteiger partial charge in [0.1, 0.15) is 12.4 Å². The minimum atomic E-state index is -0.537. The van der Waals surface area contributed by atoms with Crippen molar-refractivity contribution in [1.82, 2.24) is 9.78 Å². The lowest BCUT2D eigenvalue weighted by Crippen LogP contribution is -2.22. The van der Waals surface area contributed by atoms with Crippen LogP contribution in [0.1, 0.15) is 0 Å². The molecule has 0 radical (unpaired) electrons. The Labute approximate surface area is 138 Å². The number of hydrogen-bond acceptors (Lipinski definition) is 3. The van der Waals surface area contributed by atoms with Crippen molar-refractivity contribution in [2.75, 3.05) is 5.32 Å². The summed E-state index contributed by atoms with van der Waals surface area (Å²) in [6, 6.07) is 11.2. The number of carbonyl (C=O) groups is 1. The number of fused-ring (bicyclic) bond motifs is 1. The zero-order chi connectivity index (χ0) is 16.4. The third-order valence-corrected chi connectivity index (χ3v) is 3.75. The van der Waals surface area contributed by atoms with Gasteiger partial charge in [-0.3, -0.25) is 14.3 Å². The Morgan fingerprint density at radius 2 is 2.04 bits per heavy atom. The molecule has 0 saturated carbocycles. The number of halogens is 2. The average Bonchev–Trinajstić information content (AvgIpc) is 2.53. The van der Waals surface area contributed by atoms with Gasteiger partial charge in [0, 0.05) is 9.86 Å². The molecule has 0 aliphatic heterocycles. The Balaban J connectivity index is 1.86. The molecule has 2 aromatic carbocycles. The third-order valence-electron chi connectivity index (χ3n) is 3.26. The fourth-order valence-electron chi connectivity index (χ4n) is 2.20. The Hall–Kier alpha value is -2.54. The van der Waals surface area contributed by atoms with Crippen molar-refractivity contribution in [2.45, 2.75) is 6.54 Å². The van der Waals surface area contributed by atoms with Gasteiger partial charge in [-0.2, -0.15) is 5.10 Å². The van der Waals surface area contributed by atoms with E-state index in [1.54, 1.807) is 30.3 Å². The molecule has 1 N–H and O–H groups in total. The van der Waals surface area contributed by atoms with Gasteiger partial charge in [-0.15, -0.1) is 0 Å². The molecule has 0 spiro atoms.